The van der Waals surface area contributed by atoms with Crippen LogP contribution in [0.2, 0.25) is 0 Å². The van der Waals surface area contributed by atoms with Gasteiger partial charge >= 0.3 is 0 Å². The van der Waals surface area contributed by atoms with E-state index in [-0.39, 0.29) is 0 Å². The summed E-state index contributed by atoms with van der Waals surface area (Å²) in [6.45, 7) is 7.48. The van der Waals surface area contributed by atoms with Crippen molar-refractivity contribution >= 4 is 28.6 Å². The van der Waals surface area contributed by atoms with Crippen molar-refractivity contribution in [3.8, 4) is 0 Å². The van der Waals surface area contributed by atoms with Crippen molar-refractivity contribution in [3.63, 3.8) is 0 Å². The summed E-state index contributed by atoms with van der Waals surface area (Å²) >= 11 is 2.08. The topological polar surface area (TPSA) is 40.5 Å². The number of nitrogens with one attached hydrogen (secondary N) is 1. The predicted molar refractivity (Wildman–Crippen MR) is 105 cm³/mol. The summed E-state index contributed by atoms with van der Waals surface area (Å²) in [4.78, 5) is 11.4. The van der Waals surface area contributed by atoms with E-state index < -0.39 is 0 Å². The van der Waals surface area contributed by atoms with E-state index in [1.54, 1.807) is 0 Å². The number of hydrogen-bond donors (Lipinski definition) is 1. The van der Waals surface area contributed by atoms with Crippen molar-refractivity contribution in [2.45, 2.75) is 25.6 Å². The quantitative estimate of drug-likeness (QED) is 0.686. The lowest BCUT2D eigenvalue weighted by molar-refractivity contribution is 0.381. The second kappa shape index (κ2) is 7.88. The smallest absolute Gasteiger partial charge is 0.193 e. The summed E-state index contributed by atoms with van der Waals surface area (Å²) in [5.74, 6) is 2.85. The normalized spacial score (nSPS) is 19.1. The van der Waals surface area contributed by atoms with Gasteiger partial charge in [0.25, 0.3) is 0 Å². The van der Waals surface area contributed by atoms with Crippen molar-refractivity contribution in [1.82, 2.24) is 15.2 Å². The highest BCUT2D eigenvalue weighted by molar-refractivity contribution is 8.00. The van der Waals surface area contributed by atoms with Gasteiger partial charge in [-0.05, 0) is 17.5 Å². The van der Waals surface area contributed by atoms with Gasteiger partial charge in [-0.1, -0.05) is 38.1 Å². The number of hydrogen-bond acceptors (Lipinski definition) is 3. The molecular weight excluding hydrogens is 316 g/mol. The highest BCUT2D eigenvalue weighted by atomic mass is 32.2. The van der Waals surface area contributed by atoms with Crippen molar-refractivity contribution in [1.29, 1.82) is 0 Å². The molecule has 0 spiro atoms. The van der Waals surface area contributed by atoms with E-state index >= 15 is 0 Å². The molecule has 0 aliphatic carbocycles. The van der Waals surface area contributed by atoms with Gasteiger partial charge in [-0.2, -0.15) is 11.8 Å². The number of aliphatic imine (C=N–C) groups is 1. The molecule has 5 heteroatoms. The monoisotopic (exact) mass is 342 g/mol. The lowest BCUT2D eigenvalue weighted by Crippen LogP contribution is -2.48. The number of thioether (sulfide) groups is 1. The van der Waals surface area contributed by atoms with Gasteiger partial charge in [-0.25, -0.2) is 0 Å². The predicted octanol–water partition coefficient (Wildman–Crippen LogP) is 3.38. The van der Waals surface area contributed by atoms with Gasteiger partial charge in [0.15, 0.2) is 5.96 Å². The number of rotatable bonds is 3. The largest absolute Gasteiger partial charge is 0.352 e. The van der Waals surface area contributed by atoms with E-state index in [9.17, 15) is 0 Å². The summed E-state index contributed by atoms with van der Waals surface area (Å²) in [5, 5.41) is 5.39. The first-order valence-electron chi connectivity index (χ1n) is 8.59. The fraction of sp³-hybridized carbons (Fsp3) is 0.474. The zero-order valence-corrected chi connectivity index (χ0v) is 15.5. The average Bonchev–Trinajstić information content (AvgIpc) is 2.62. The number of pyridine rings is 1. The zero-order chi connectivity index (χ0) is 16.9. The van der Waals surface area contributed by atoms with Gasteiger partial charge in [0, 0.05) is 49.3 Å². The van der Waals surface area contributed by atoms with E-state index in [2.05, 4.69) is 70.1 Å². The number of guanidine groups is 1. The molecule has 2 aromatic rings. The van der Waals surface area contributed by atoms with Crippen LogP contribution in [0.3, 0.4) is 0 Å². The Morgan fingerprint density at radius 1 is 1.38 bits per heavy atom. The molecule has 0 amide bonds. The maximum Gasteiger partial charge on any atom is 0.193 e. The Bertz CT molecular complexity index is 708. The molecule has 128 valence electrons. The van der Waals surface area contributed by atoms with Gasteiger partial charge in [0.05, 0.1) is 5.52 Å². The maximum atomic E-state index is 4.54. The third kappa shape index (κ3) is 3.83. The van der Waals surface area contributed by atoms with Crippen molar-refractivity contribution < 1.29 is 0 Å². The molecule has 1 aliphatic rings. The molecule has 1 unspecified atom stereocenters. The minimum Gasteiger partial charge on any atom is -0.352 e. The molecule has 1 fully saturated rings. The van der Waals surface area contributed by atoms with Crippen LogP contribution in [0.15, 0.2) is 41.5 Å². The number of fused-ring (bicyclic) bond motifs is 1. The van der Waals surface area contributed by atoms with Crippen LogP contribution in [0.1, 0.15) is 19.4 Å². The van der Waals surface area contributed by atoms with Crippen LogP contribution in [-0.2, 0) is 6.54 Å². The molecule has 4 nitrogen and oxygen atoms in total. The van der Waals surface area contributed by atoms with E-state index in [1.807, 2.05) is 19.3 Å². The molecule has 1 N–H and O–H groups in total. The number of para-hydroxylation sites is 1. The first kappa shape index (κ1) is 17.1. The van der Waals surface area contributed by atoms with Crippen LogP contribution < -0.4 is 5.32 Å². The van der Waals surface area contributed by atoms with Gasteiger partial charge in [-0.3, -0.25) is 9.98 Å². The third-order valence-electron chi connectivity index (χ3n) is 4.50. The van der Waals surface area contributed by atoms with Crippen LogP contribution in [0.4, 0.5) is 0 Å². The summed E-state index contributed by atoms with van der Waals surface area (Å²) in [7, 11) is 1.87. The van der Waals surface area contributed by atoms with E-state index in [1.165, 1.54) is 16.7 Å². The molecule has 1 aromatic carbocycles. The summed E-state index contributed by atoms with van der Waals surface area (Å²) in [5.41, 5.74) is 2.28. The fourth-order valence-electron chi connectivity index (χ4n) is 3.09. The molecule has 3 rings (SSSR count). The van der Waals surface area contributed by atoms with Crippen LogP contribution in [0.25, 0.3) is 10.9 Å². The van der Waals surface area contributed by atoms with Crippen molar-refractivity contribution in [2.24, 2.45) is 10.9 Å². The third-order valence-corrected chi connectivity index (χ3v) is 6.04. The first-order chi connectivity index (χ1) is 11.7. The van der Waals surface area contributed by atoms with E-state index in [0.717, 1.165) is 31.1 Å². The molecule has 0 bridgehead atoms. The fourth-order valence-corrected chi connectivity index (χ4v) is 4.39. The maximum absolute atomic E-state index is 4.54. The molecule has 24 heavy (non-hydrogen) atoms. The van der Waals surface area contributed by atoms with Gasteiger partial charge in [0.2, 0.25) is 0 Å². The highest BCUT2D eigenvalue weighted by Crippen LogP contribution is 2.25. The van der Waals surface area contributed by atoms with Crippen LogP contribution in [0, 0.1) is 5.92 Å². The lowest BCUT2D eigenvalue weighted by Gasteiger charge is -2.36. The number of benzene rings is 1. The van der Waals surface area contributed by atoms with Crippen LogP contribution >= 0.6 is 11.8 Å². The summed E-state index contributed by atoms with van der Waals surface area (Å²) in [6, 6.07) is 10.4. The Kier molecular flexibility index (Phi) is 5.61. The lowest BCUT2D eigenvalue weighted by atomic mass is 10.1. The molecular formula is C19H26N4S. The van der Waals surface area contributed by atoms with Gasteiger partial charge in [0.1, 0.15) is 0 Å². The number of aromatic nitrogens is 1. The molecule has 1 saturated heterocycles. The van der Waals surface area contributed by atoms with Crippen LogP contribution in [0.5, 0.6) is 0 Å². The van der Waals surface area contributed by atoms with Crippen molar-refractivity contribution in [2.75, 3.05) is 25.9 Å². The Hall–Kier alpha value is -1.75. The Balaban J connectivity index is 1.70. The zero-order valence-electron chi connectivity index (χ0n) is 14.7. The molecule has 0 saturated carbocycles. The Labute approximate surface area is 148 Å². The summed E-state index contributed by atoms with van der Waals surface area (Å²) in [6.07, 6.45) is 1.86. The van der Waals surface area contributed by atoms with Crippen LogP contribution in [-0.4, -0.2) is 47.0 Å². The van der Waals surface area contributed by atoms with Gasteiger partial charge in [-0.15, -0.1) is 0 Å². The molecule has 0 radical (unpaired) electrons. The minimum atomic E-state index is 0.677. The SMILES string of the molecule is CN=C(NCc1cccc2cccnc12)N1CCSC(C(C)C)C1. The summed E-state index contributed by atoms with van der Waals surface area (Å²) < 4.78 is 0. The second-order valence-corrected chi connectivity index (χ2v) is 7.84. The molecule has 1 atom stereocenters. The number of nitrogens with zero attached hydrogens (tertiary/aromatic N) is 3. The molecule has 1 aliphatic heterocycles. The van der Waals surface area contributed by atoms with E-state index in [4.69, 9.17) is 0 Å². The average molecular weight is 343 g/mol. The Morgan fingerprint density at radius 3 is 3.00 bits per heavy atom. The van der Waals surface area contributed by atoms with E-state index in [0.29, 0.717) is 11.2 Å². The Morgan fingerprint density at radius 2 is 2.21 bits per heavy atom. The highest BCUT2D eigenvalue weighted by Gasteiger charge is 2.24. The molecule has 2 heterocycles. The van der Waals surface area contributed by atoms with Gasteiger partial charge < -0.3 is 10.2 Å². The standard InChI is InChI=1S/C19H26N4S/c1-14(2)17-13-23(10-11-24-17)19(20-3)22-12-16-7-4-6-15-8-5-9-21-18(15)16/h4-9,14,17H,10-13H2,1-3H3,(H,20,22). The molecule has 1 aromatic heterocycles. The van der Waals surface area contributed by atoms with Crippen molar-refractivity contribution in [3.05, 3.63) is 42.1 Å². The first-order valence-corrected chi connectivity index (χ1v) is 9.63. The minimum absolute atomic E-state index is 0.677. The second-order valence-electron chi connectivity index (χ2n) is 6.49.